The molecule has 0 bridgehead atoms. The van der Waals surface area contributed by atoms with E-state index in [1.54, 1.807) is 12.1 Å². The Morgan fingerprint density at radius 1 is 1.13 bits per heavy atom. The fraction of sp³-hybridized carbons (Fsp3) is 0.455. The maximum absolute atomic E-state index is 12.6. The van der Waals surface area contributed by atoms with Gasteiger partial charge in [-0.2, -0.15) is 0 Å². The molecule has 1 aromatic heterocycles. The van der Waals surface area contributed by atoms with Gasteiger partial charge in [0.25, 0.3) is 0 Å². The van der Waals surface area contributed by atoms with Crippen LogP contribution in [0.2, 0.25) is 0 Å². The number of nitrogens with one attached hydrogen (secondary N) is 1. The monoisotopic (exact) mass is 429 g/mol. The van der Waals surface area contributed by atoms with Crippen LogP contribution < -0.4 is 9.46 Å². The highest BCUT2D eigenvalue weighted by Gasteiger charge is 2.35. The summed E-state index contributed by atoms with van der Waals surface area (Å²) in [7, 11) is -3.29. The topological polar surface area (TPSA) is 88.6 Å². The number of piperidine rings is 1. The Kier molecular flexibility index (Phi) is 5.94. The third-order valence-electron chi connectivity index (χ3n) is 5.64. The number of carbonyl (C=O) groups excluding carboxylic acids is 1. The minimum absolute atomic E-state index is 0.00554. The van der Waals surface area contributed by atoms with Crippen LogP contribution in [0.1, 0.15) is 36.8 Å². The van der Waals surface area contributed by atoms with Gasteiger partial charge in [0, 0.05) is 32.0 Å². The number of pyridine rings is 1. The van der Waals surface area contributed by atoms with Crippen molar-refractivity contribution < 1.29 is 17.9 Å². The van der Waals surface area contributed by atoms with Crippen molar-refractivity contribution in [2.45, 2.75) is 50.4 Å². The lowest BCUT2D eigenvalue weighted by molar-refractivity contribution is -0.132. The fourth-order valence-electron chi connectivity index (χ4n) is 3.61. The predicted octanol–water partition coefficient (Wildman–Crippen LogP) is 2.91. The van der Waals surface area contributed by atoms with E-state index in [0.717, 1.165) is 36.8 Å². The molecule has 4 rings (SSSR count). The number of amides is 1. The van der Waals surface area contributed by atoms with Crippen LogP contribution in [-0.4, -0.2) is 48.7 Å². The summed E-state index contributed by atoms with van der Waals surface area (Å²) in [6, 6.07) is 11.3. The summed E-state index contributed by atoms with van der Waals surface area (Å²) < 4.78 is 32.5. The van der Waals surface area contributed by atoms with Gasteiger partial charge in [0.2, 0.25) is 21.8 Å². The van der Waals surface area contributed by atoms with Gasteiger partial charge >= 0.3 is 0 Å². The standard InChI is InChI=1S/C22H27N3O4S/c1-16-4-2-3-5-17(16)14-22(26)25-12-10-19(11-13-25)29-21-9-6-18(15-23-21)24-30(27,28)20-7-8-20/h2-6,9,15,19-20,24H,7-8,10-14H2,1H3. The number of aromatic nitrogens is 1. The highest BCUT2D eigenvalue weighted by Crippen LogP contribution is 2.30. The van der Waals surface area contributed by atoms with Crippen LogP contribution in [0.15, 0.2) is 42.6 Å². The Labute approximate surface area is 177 Å². The van der Waals surface area contributed by atoms with E-state index in [1.165, 1.54) is 6.20 Å². The van der Waals surface area contributed by atoms with Crippen molar-refractivity contribution in [3.05, 3.63) is 53.7 Å². The largest absolute Gasteiger partial charge is 0.474 e. The summed E-state index contributed by atoms with van der Waals surface area (Å²) in [5.41, 5.74) is 2.66. The van der Waals surface area contributed by atoms with Crippen molar-refractivity contribution in [1.82, 2.24) is 9.88 Å². The molecule has 1 aliphatic carbocycles. The predicted molar refractivity (Wildman–Crippen MR) is 115 cm³/mol. The van der Waals surface area contributed by atoms with E-state index in [1.807, 2.05) is 36.1 Å². The number of hydrogen-bond donors (Lipinski definition) is 1. The zero-order chi connectivity index (χ0) is 21.1. The summed E-state index contributed by atoms with van der Waals surface area (Å²) in [5.74, 6) is 0.613. The number of likely N-dealkylation sites (tertiary alicyclic amines) is 1. The maximum Gasteiger partial charge on any atom is 0.235 e. The summed E-state index contributed by atoms with van der Waals surface area (Å²) in [6.07, 6.45) is 4.84. The maximum atomic E-state index is 12.6. The molecule has 160 valence electrons. The Morgan fingerprint density at radius 2 is 1.87 bits per heavy atom. The molecule has 0 radical (unpaired) electrons. The van der Waals surface area contributed by atoms with Gasteiger partial charge in [-0.05, 0) is 37.0 Å². The van der Waals surface area contributed by atoms with E-state index < -0.39 is 10.0 Å². The number of nitrogens with zero attached hydrogens (tertiary/aromatic N) is 2. The number of carbonyl (C=O) groups is 1. The summed E-state index contributed by atoms with van der Waals surface area (Å²) in [5, 5.41) is -0.271. The molecule has 0 unspecified atom stereocenters. The Morgan fingerprint density at radius 3 is 2.50 bits per heavy atom. The van der Waals surface area contributed by atoms with Crippen LogP contribution in [0, 0.1) is 6.92 Å². The zero-order valence-corrected chi connectivity index (χ0v) is 17.9. The van der Waals surface area contributed by atoms with Crippen molar-refractivity contribution in [3.63, 3.8) is 0 Å². The second-order valence-corrected chi connectivity index (χ2v) is 9.99. The molecule has 2 heterocycles. The number of rotatable bonds is 7. The molecule has 2 aliphatic rings. The molecule has 1 aliphatic heterocycles. The van der Waals surface area contributed by atoms with Gasteiger partial charge in [-0.25, -0.2) is 13.4 Å². The van der Waals surface area contributed by atoms with Crippen LogP contribution in [0.4, 0.5) is 5.69 Å². The number of aryl methyl sites for hydroxylation is 1. The molecule has 2 aromatic rings. The van der Waals surface area contributed by atoms with Crippen LogP contribution >= 0.6 is 0 Å². The lowest BCUT2D eigenvalue weighted by Crippen LogP contribution is -2.42. The normalized spacial score (nSPS) is 17.6. The van der Waals surface area contributed by atoms with Gasteiger partial charge in [0.15, 0.2) is 0 Å². The molecule has 0 atom stereocenters. The average molecular weight is 430 g/mol. The minimum atomic E-state index is -3.29. The van der Waals surface area contributed by atoms with Gasteiger partial charge in [-0.15, -0.1) is 0 Å². The lowest BCUT2D eigenvalue weighted by Gasteiger charge is -2.32. The van der Waals surface area contributed by atoms with Crippen LogP contribution in [0.3, 0.4) is 0 Å². The van der Waals surface area contributed by atoms with Crippen LogP contribution in [0.5, 0.6) is 5.88 Å². The summed E-state index contributed by atoms with van der Waals surface area (Å²) >= 11 is 0. The third kappa shape index (κ3) is 5.11. The first-order valence-electron chi connectivity index (χ1n) is 10.4. The number of benzene rings is 1. The molecule has 8 heteroatoms. The van der Waals surface area contributed by atoms with Crippen molar-refractivity contribution in [2.75, 3.05) is 17.8 Å². The van der Waals surface area contributed by atoms with Gasteiger partial charge in [-0.1, -0.05) is 24.3 Å². The second kappa shape index (κ2) is 8.63. The van der Waals surface area contributed by atoms with Gasteiger partial charge in [-0.3, -0.25) is 9.52 Å². The van der Waals surface area contributed by atoms with Crippen molar-refractivity contribution in [3.8, 4) is 5.88 Å². The molecular weight excluding hydrogens is 402 g/mol. The first-order chi connectivity index (χ1) is 14.4. The Hall–Kier alpha value is -2.61. The van der Waals surface area contributed by atoms with Crippen molar-refractivity contribution >= 4 is 21.6 Å². The van der Waals surface area contributed by atoms with Gasteiger partial charge in [0.05, 0.1) is 23.6 Å². The van der Waals surface area contributed by atoms with Gasteiger partial charge in [0.1, 0.15) is 6.10 Å². The number of anilines is 1. The van der Waals surface area contributed by atoms with E-state index in [2.05, 4.69) is 9.71 Å². The van der Waals surface area contributed by atoms with E-state index in [0.29, 0.717) is 31.1 Å². The fourth-order valence-corrected chi connectivity index (χ4v) is 4.99. The van der Waals surface area contributed by atoms with E-state index in [-0.39, 0.29) is 17.3 Å². The highest BCUT2D eigenvalue weighted by molar-refractivity contribution is 7.93. The quantitative estimate of drug-likeness (QED) is 0.731. The van der Waals surface area contributed by atoms with Crippen molar-refractivity contribution in [1.29, 1.82) is 0 Å². The lowest BCUT2D eigenvalue weighted by atomic mass is 10.0. The van der Waals surface area contributed by atoms with E-state index in [9.17, 15) is 13.2 Å². The molecule has 1 N–H and O–H groups in total. The van der Waals surface area contributed by atoms with Crippen LogP contribution in [-0.2, 0) is 21.2 Å². The number of sulfonamides is 1. The molecule has 7 nitrogen and oxygen atoms in total. The summed E-state index contributed by atoms with van der Waals surface area (Å²) in [4.78, 5) is 18.7. The third-order valence-corrected chi connectivity index (χ3v) is 7.51. The van der Waals surface area contributed by atoms with Crippen LogP contribution in [0.25, 0.3) is 0 Å². The minimum Gasteiger partial charge on any atom is -0.474 e. The van der Waals surface area contributed by atoms with Gasteiger partial charge < -0.3 is 9.64 Å². The Balaban J connectivity index is 1.25. The van der Waals surface area contributed by atoms with E-state index >= 15 is 0 Å². The second-order valence-electron chi connectivity index (χ2n) is 8.03. The molecule has 1 saturated heterocycles. The molecule has 1 amide bonds. The SMILES string of the molecule is Cc1ccccc1CC(=O)N1CCC(Oc2ccc(NS(=O)(=O)C3CC3)cn2)CC1. The highest BCUT2D eigenvalue weighted by atomic mass is 32.2. The summed E-state index contributed by atoms with van der Waals surface area (Å²) in [6.45, 7) is 3.35. The first-order valence-corrected chi connectivity index (χ1v) is 11.9. The first kappa shape index (κ1) is 20.7. The van der Waals surface area contributed by atoms with Crippen molar-refractivity contribution in [2.24, 2.45) is 0 Å². The Bertz CT molecular complexity index is 995. The molecule has 30 heavy (non-hydrogen) atoms. The average Bonchev–Trinajstić information content (AvgIpc) is 3.58. The smallest absolute Gasteiger partial charge is 0.235 e. The molecule has 1 saturated carbocycles. The molecule has 2 fully saturated rings. The zero-order valence-electron chi connectivity index (χ0n) is 17.1. The van der Waals surface area contributed by atoms with E-state index in [4.69, 9.17) is 4.74 Å². The molecule has 0 spiro atoms. The number of ether oxygens (including phenoxy) is 1. The molecular formula is C22H27N3O4S. The molecule has 1 aromatic carbocycles. The number of hydrogen-bond acceptors (Lipinski definition) is 5.